The first kappa shape index (κ1) is 15.1. The first-order valence-electron chi connectivity index (χ1n) is 6.84. The van der Waals surface area contributed by atoms with Gasteiger partial charge in [0.15, 0.2) is 0 Å². The summed E-state index contributed by atoms with van der Waals surface area (Å²) in [6.07, 6.45) is 2.87. The van der Waals surface area contributed by atoms with E-state index in [-0.39, 0.29) is 11.7 Å². The molecule has 0 bridgehead atoms. The number of rotatable bonds is 4. The fourth-order valence-corrected chi connectivity index (χ4v) is 2.65. The number of anilines is 1. The first-order chi connectivity index (χ1) is 11.2. The summed E-state index contributed by atoms with van der Waals surface area (Å²) >= 11 is 1.29. The first-order valence-corrected chi connectivity index (χ1v) is 7.66. The Morgan fingerprint density at radius 2 is 1.91 bits per heavy atom. The van der Waals surface area contributed by atoms with Gasteiger partial charge in [0.25, 0.3) is 0 Å². The van der Waals surface area contributed by atoms with Crippen molar-refractivity contribution in [1.82, 2.24) is 10.2 Å². The van der Waals surface area contributed by atoms with E-state index in [1.807, 2.05) is 30.3 Å². The second-order valence-electron chi connectivity index (χ2n) is 4.66. The SMILES string of the molecule is O=C(/C=C/c1cccc(F)c1)Nc1nnc(-c2ccccc2)s1. The number of nitrogens with zero attached hydrogens (tertiary/aromatic N) is 2. The molecule has 0 atom stereocenters. The summed E-state index contributed by atoms with van der Waals surface area (Å²) < 4.78 is 13.1. The second-order valence-corrected chi connectivity index (χ2v) is 5.63. The molecule has 6 heteroatoms. The minimum Gasteiger partial charge on any atom is -0.297 e. The van der Waals surface area contributed by atoms with Crippen molar-refractivity contribution in [2.45, 2.75) is 0 Å². The van der Waals surface area contributed by atoms with E-state index in [9.17, 15) is 9.18 Å². The molecular formula is C17H12FN3OS. The number of benzene rings is 2. The van der Waals surface area contributed by atoms with Gasteiger partial charge in [0.1, 0.15) is 10.8 Å². The normalized spacial score (nSPS) is 10.8. The Bertz CT molecular complexity index is 846. The second kappa shape index (κ2) is 6.93. The Morgan fingerprint density at radius 1 is 1.09 bits per heavy atom. The lowest BCUT2D eigenvalue weighted by molar-refractivity contribution is -0.111. The number of halogens is 1. The molecule has 0 spiro atoms. The standard InChI is InChI=1S/C17H12FN3OS/c18-14-8-4-5-12(11-14)9-10-15(22)19-17-21-20-16(23-17)13-6-2-1-3-7-13/h1-11H,(H,19,21,22)/b10-9+. The molecule has 0 fully saturated rings. The molecule has 4 nitrogen and oxygen atoms in total. The zero-order chi connectivity index (χ0) is 16.1. The monoisotopic (exact) mass is 325 g/mol. The summed E-state index contributed by atoms with van der Waals surface area (Å²) in [6, 6.07) is 15.6. The molecule has 0 aliphatic carbocycles. The predicted octanol–water partition coefficient (Wildman–Crippen LogP) is 4.00. The highest BCUT2D eigenvalue weighted by Crippen LogP contribution is 2.25. The summed E-state index contributed by atoms with van der Waals surface area (Å²) in [4.78, 5) is 11.9. The summed E-state index contributed by atoms with van der Waals surface area (Å²) in [5.41, 5.74) is 1.56. The Labute approximate surface area is 136 Å². The predicted molar refractivity (Wildman–Crippen MR) is 89.4 cm³/mol. The summed E-state index contributed by atoms with van der Waals surface area (Å²) in [7, 11) is 0. The van der Waals surface area contributed by atoms with E-state index < -0.39 is 0 Å². The molecule has 3 aromatic rings. The summed E-state index contributed by atoms with van der Waals surface area (Å²) in [5.74, 6) is -0.686. The quantitative estimate of drug-likeness (QED) is 0.738. The van der Waals surface area contributed by atoms with E-state index in [2.05, 4.69) is 15.5 Å². The topological polar surface area (TPSA) is 54.9 Å². The number of amides is 1. The molecule has 1 amide bonds. The molecule has 0 saturated carbocycles. The van der Waals surface area contributed by atoms with Crippen LogP contribution in [0.1, 0.15) is 5.56 Å². The van der Waals surface area contributed by atoms with Gasteiger partial charge >= 0.3 is 0 Å². The maximum Gasteiger partial charge on any atom is 0.250 e. The molecule has 0 saturated heterocycles. The average molecular weight is 325 g/mol. The van der Waals surface area contributed by atoms with Gasteiger partial charge in [-0.2, -0.15) is 0 Å². The molecule has 0 aliphatic heterocycles. The van der Waals surface area contributed by atoms with Crippen molar-refractivity contribution in [1.29, 1.82) is 0 Å². The van der Waals surface area contributed by atoms with E-state index in [0.29, 0.717) is 10.7 Å². The van der Waals surface area contributed by atoms with E-state index in [1.165, 1.54) is 35.6 Å². The van der Waals surface area contributed by atoms with E-state index in [0.717, 1.165) is 10.6 Å². The molecule has 0 aliphatic rings. The van der Waals surface area contributed by atoms with Gasteiger partial charge in [-0.15, -0.1) is 10.2 Å². The third-order valence-corrected chi connectivity index (χ3v) is 3.84. The maximum absolute atomic E-state index is 13.1. The smallest absolute Gasteiger partial charge is 0.250 e. The lowest BCUT2D eigenvalue weighted by atomic mass is 10.2. The molecule has 2 aromatic carbocycles. The summed E-state index contributed by atoms with van der Waals surface area (Å²) in [6.45, 7) is 0. The van der Waals surface area contributed by atoms with E-state index in [1.54, 1.807) is 12.1 Å². The average Bonchev–Trinajstić information content (AvgIpc) is 3.02. The molecule has 1 heterocycles. The number of hydrogen-bond acceptors (Lipinski definition) is 4. The maximum atomic E-state index is 13.1. The van der Waals surface area contributed by atoms with Crippen LogP contribution >= 0.6 is 11.3 Å². The highest BCUT2D eigenvalue weighted by Gasteiger charge is 2.07. The number of hydrogen-bond donors (Lipinski definition) is 1. The zero-order valence-electron chi connectivity index (χ0n) is 11.9. The van der Waals surface area contributed by atoms with Gasteiger partial charge in [0.05, 0.1) is 0 Å². The van der Waals surface area contributed by atoms with Crippen LogP contribution in [0.25, 0.3) is 16.6 Å². The van der Waals surface area contributed by atoms with Crippen molar-refractivity contribution < 1.29 is 9.18 Å². The molecule has 1 N–H and O–H groups in total. The number of nitrogens with one attached hydrogen (secondary N) is 1. The van der Waals surface area contributed by atoms with Gasteiger partial charge in [-0.1, -0.05) is 53.8 Å². The van der Waals surface area contributed by atoms with Gasteiger partial charge < -0.3 is 0 Å². The molecule has 0 unspecified atom stereocenters. The van der Waals surface area contributed by atoms with Crippen molar-refractivity contribution in [3.63, 3.8) is 0 Å². The zero-order valence-corrected chi connectivity index (χ0v) is 12.8. The molecule has 1 aromatic heterocycles. The van der Waals surface area contributed by atoms with Crippen LogP contribution in [0.15, 0.2) is 60.7 Å². The van der Waals surface area contributed by atoms with Gasteiger partial charge in [-0.3, -0.25) is 10.1 Å². The van der Waals surface area contributed by atoms with Gasteiger partial charge in [0, 0.05) is 11.6 Å². The van der Waals surface area contributed by atoms with E-state index in [4.69, 9.17) is 0 Å². The molecule has 114 valence electrons. The van der Waals surface area contributed by atoms with Crippen LogP contribution in [0.2, 0.25) is 0 Å². The highest BCUT2D eigenvalue weighted by molar-refractivity contribution is 7.18. The Morgan fingerprint density at radius 3 is 2.70 bits per heavy atom. The fraction of sp³-hybridized carbons (Fsp3) is 0. The van der Waals surface area contributed by atoms with Crippen molar-refractivity contribution in [2.75, 3.05) is 5.32 Å². The van der Waals surface area contributed by atoms with Crippen LogP contribution in [0, 0.1) is 5.82 Å². The van der Waals surface area contributed by atoms with Crippen LogP contribution in [0.4, 0.5) is 9.52 Å². The third-order valence-electron chi connectivity index (χ3n) is 2.95. The van der Waals surface area contributed by atoms with Crippen LogP contribution in [0.5, 0.6) is 0 Å². The van der Waals surface area contributed by atoms with Crippen LogP contribution in [-0.2, 0) is 4.79 Å². The Balaban J connectivity index is 1.66. The Hall–Kier alpha value is -2.86. The molecule has 3 rings (SSSR count). The summed E-state index contributed by atoms with van der Waals surface area (Å²) in [5, 5.41) is 11.8. The van der Waals surface area contributed by atoms with Gasteiger partial charge in [-0.05, 0) is 23.8 Å². The largest absolute Gasteiger partial charge is 0.297 e. The number of aromatic nitrogens is 2. The third kappa shape index (κ3) is 4.08. The number of carbonyl (C=O) groups excluding carboxylic acids is 1. The lowest BCUT2D eigenvalue weighted by Gasteiger charge is -1.96. The Kier molecular flexibility index (Phi) is 4.54. The lowest BCUT2D eigenvalue weighted by Crippen LogP contribution is -2.07. The molecular weight excluding hydrogens is 313 g/mol. The fourth-order valence-electron chi connectivity index (χ4n) is 1.90. The van der Waals surface area contributed by atoms with Crippen LogP contribution in [-0.4, -0.2) is 16.1 Å². The van der Waals surface area contributed by atoms with E-state index >= 15 is 0 Å². The van der Waals surface area contributed by atoms with Gasteiger partial charge in [-0.25, -0.2) is 4.39 Å². The van der Waals surface area contributed by atoms with Crippen LogP contribution in [0.3, 0.4) is 0 Å². The van der Waals surface area contributed by atoms with Crippen molar-refractivity contribution >= 4 is 28.5 Å². The minimum atomic E-state index is -0.343. The number of carbonyl (C=O) groups is 1. The van der Waals surface area contributed by atoms with Crippen molar-refractivity contribution in [3.05, 3.63) is 72.1 Å². The van der Waals surface area contributed by atoms with Gasteiger partial charge in [0.2, 0.25) is 11.0 Å². The van der Waals surface area contributed by atoms with Crippen LogP contribution < -0.4 is 5.32 Å². The molecule has 23 heavy (non-hydrogen) atoms. The van der Waals surface area contributed by atoms with Crippen molar-refractivity contribution in [3.8, 4) is 10.6 Å². The van der Waals surface area contributed by atoms with Crippen molar-refractivity contribution in [2.24, 2.45) is 0 Å². The molecule has 0 radical (unpaired) electrons. The minimum absolute atomic E-state index is 0.343. The highest BCUT2D eigenvalue weighted by atomic mass is 32.1.